The molecule has 0 saturated heterocycles. The number of aryl methyl sites for hydroxylation is 3. The van der Waals surface area contributed by atoms with Crippen molar-refractivity contribution in [3.05, 3.63) is 68.7 Å². The monoisotopic (exact) mass is 344 g/mol. The number of nitrogens with one attached hydrogen (secondary N) is 1. The maximum atomic E-state index is 6.22. The predicted molar refractivity (Wildman–Crippen MR) is 99.7 cm³/mol. The highest BCUT2D eigenvalue weighted by molar-refractivity contribution is 6.36. The third kappa shape index (κ3) is 3.29. The molecule has 0 bridgehead atoms. The number of hydrogen-bond donors (Lipinski definition) is 1. The van der Waals surface area contributed by atoms with Crippen LogP contribution in [0, 0.1) is 20.8 Å². The summed E-state index contributed by atoms with van der Waals surface area (Å²) in [6.45, 7) is 6.85. The van der Waals surface area contributed by atoms with Crippen LogP contribution in [0.2, 0.25) is 10.0 Å². The third-order valence-electron chi connectivity index (χ3n) is 3.96. The smallest absolute Gasteiger partial charge is 0.127 e. The zero-order valence-electron chi connectivity index (χ0n) is 13.4. The molecule has 4 heteroatoms. The predicted octanol–water partition coefficient (Wildman–Crippen LogP) is 6.08. The summed E-state index contributed by atoms with van der Waals surface area (Å²) in [5, 5.41) is 5.86. The number of pyridine rings is 1. The number of anilines is 1. The van der Waals surface area contributed by atoms with Gasteiger partial charge in [0.2, 0.25) is 0 Å². The Bertz CT molecular complexity index is 868. The van der Waals surface area contributed by atoms with Gasteiger partial charge in [-0.05, 0) is 56.2 Å². The second-order valence-electron chi connectivity index (χ2n) is 5.86. The number of fused-ring (bicyclic) bond motifs is 1. The van der Waals surface area contributed by atoms with E-state index in [0.29, 0.717) is 16.6 Å². The molecular formula is C19H18Cl2N2. The summed E-state index contributed by atoms with van der Waals surface area (Å²) >= 11 is 12.4. The summed E-state index contributed by atoms with van der Waals surface area (Å²) in [6, 6.07) is 11.9. The summed E-state index contributed by atoms with van der Waals surface area (Å²) in [7, 11) is 0. The zero-order chi connectivity index (χ0) is 16.6. The van der Waals surface area contributed by atoms with Crippen molar-refractivity contribution in [2.24, 2.45) is 0 Å². The summed E-state index contributed by atoms with van der Waals surface area (Å²) in [6.07, 6.45) is 0. The number of nitrogens with zero attached hydrogens (tertiary/aromatic N) is 1. The lowest BCUT2D eigenvalue weighted by atomic mass is 10.0. The number of rotatable bonds is 3. The van der Waals surface area contributed by atoms with Gasteiger partial charge in [-0.2, -0.15) is 0 Å². The van der Waals surface area contributed by atoms with E-state index in [4.69, 9.17) is 28.2 Å². The van der Waals surface area contributed by atoms with Crippen molar-refractivity contribution in [1.29, 1.82) is 0 Å². The van der Waals surface area contributed by atoms with Crippen molar-refractivity contribution in [2.75, 3.05) is 5.32 Å². The minimum atomic E-state index is 0.543. The number of aromatic nitrogens is 1. The molecule has 0 radical (unpaired) electrons. The van der Waals surface area contributed by atoms with Crippen molar-refractivity contribution in [2.45, 2.75) is 27.3 Å². The molecule has 1 aromatic heterocycles. The fourth-order valence-electron chi connectivity index (χ4n) is 2.82. The normalized spacial score (nSPS) is 11.0. The molecule has 0 unspecified atom stereocenters. The highest BCUT2D eigenvalue weighted by atomic mass is 35.5. The first-order chi connectivity index (χ1) is 11.0. The van der Waals surface area contributed by atoms with Crippen molar-refractivity contribution in [3.8, 4) is 0 Å². The number of benzene rings is 2. The second-order valence-corrected chi connectivity index (χ2v) is 6.67. The van der Waals surface area contributed by atoms with Crippen LogP contribution in [0.25, 0.3) is 10.9 Å². The molecule has 0 aliphatic rings. The van der Waals surface area contributed by atoms with Crippen molar-refractivity contribution in [1.82, 2.24) is 4.98 Å². The van der Waals surface area contributed by atoms with Gasteiger partial charge in [0, 0.05) is 27.5 Å². The quantitative estimate of drug-likeness (QED) is 0.622. The zero-order valence-corrected chi connectivity index (χ0v) is 14.9. The Hall–Kier alpha value is -1.77. The van der Waals surface area contributed by atoms with Gasteiger partial charge < -0.3 is 5.32 Å². The molecule has 2 aromatic carbocycles. The molecule has 0 aliphatic heterocycles. The highest BCUT2D eigenvalue weighted by Gasteiger charge is 2.08. The summed E-state index contributed by atoms with van der Waals surface area (Å²) in [4.78, 5) is 4.75. The van der Waals surface area contributed by atoms with Gasteiger partial charge in [0.15, 0.2) is 0 Å². The fraction of sp³-hybridized carbons (Fsp3) is 0.211. The van der Waals surface area contributed by atoms with Gasteiger partial charge >= 0.3 is 0 Å². The Labute approximate surface area is 146 Å². The molecule has 0 amide bonds. The maximum absolute atomic E-state index is 6.22. The van der Waals surface area contributed by atoms with Crippen LogP contribution in [0.4, 0.5) is 5.82 Å². The molecule has 23 heavy (non-hydrogen) atoms. The third-order valence-corrected chi connectivity index (χ3v) is 4.67. The Morgan fingerprint density at radius 1 is 0.957 bits per heavy atom. The molecular weight excluding hydrogens is 327 g/mol. The first kappa shape index (κ1) is 16.1. The molecule has 118 valence electrons. The molecule has 0 atom stereocenters. The van der Waals surface area contributed by atoms with Gasteiger partial charge in [-0.3, -0.25) is 0 Å². The minimum Gasteiger partial charge on any atom is -0.366 e. The number of hydrogen-bond acceptors (Lipinski definition) is 2. The average molecular weight is 345 g/mol. The summed E-state index contributed by atoms with van der Waals surface area (Å²) in [5.74, 6) is 0.831. The van der Waals surface area contributed by atoms with Gasteiger partial charge in [0.25, 0.3) is 0 Å². The van der Waals surface area contributed by atoms with Crippen LogP contribution < -0.4 is 5.32 Å². The molecule has 1 N–H and O–H groups in total. The molecule has 0 fully saturated rings. The summed E-state index contributed by atoms with van der Waals surface area (Å²) < 4.78 is 0. The van der Waals surface area contributed by atoms with Gasteiger partial charge in [-0.15, -0.1) is 0 Å². The van der Waals surface area contributed by atoms with E-state index in [9.17, 15) is 0 Å². The van der Waals surface area contributed by atoms with Crippen LogP contribution in [-0.4, -0.2) is 4.98 Å². The van der Waals surface area contributed by atoms with E-state index in [0.717, 1.165) is 16.9 Å². The molecule has 3 rings (SSSR count). The first-order valence-corrected chi connectivity index (χ1v) is 8.26. The van der Waals surface area contributed by atoms with E-state index in [-0.39, 0.29) is 0 Å². The van der Waals surface area contributed by atoms with Gasteiger partial charge in [0.05, 0.1) is 5.52 Å². The van der Waals surface area contributed by atoms with Crippen LogP contribution in [0.15, 0.2) is 36.4 Å². The molecule has 2 nitrogen and oxygen atoms in total. The van der Waals surface area contributed by atoms with Crippen LogP contribution in [-0.2, 0) is 6.54 Å². The molecule has 0 saturated carbocycles. The molecule has 0 spiro atoms. The minimum absolute atomic E-state index is 0.543. The lowest BCUT2D eigenvalue weighted by molar-refractivity contribution is 1.12. The lowest BCUT2D eigenvalue weighted by Crippen LogP contribution is -2.04. The van der Waals surface area contributed by atoms with Gasteiger partial charge in [0.1, 0.15) is 5.82 Å². The van der Waals surface area contributed by atoms with Crippen molar-refractivity contribution >= 4 is 39.9 Å². The largest absolute Gasteiger partial charge is 0.366 e. The van der Waals surface area contributed by atoms with Crippen LogP contribution in [0.5, 0.6) is 0 Å². The Kier molecular flexibility index (Phi) is 4.47. The van der Waals surface area contributed by atoms with E-state index in [1.807, 2.05) is 18.2 Å². The van der Waals surface area contributed by atoms with Crippen molar-refractivity contribution in [3.63, 3.8) is 0 Å². The van der Waals surface area contributed by atoms with E-state index >= 15 is 0 Å². The summed E-state index contributed by atoms with van der Waals surface area (Å²) in [5.41, 5.74) is 5.56. The maximum Gasteiger partial charge on any atom is 0.127 e. The van der Waals surface area contributed by atoms with E-state index in [1.165, 1.54) is 22.1 Å². The van der Waals surface area contributed by atoms with E-state index in [2.05, 4.69) is 44.3 Å². The Balaban J connectivity index is 1.95. The first-order valence-electron chi connectivity index (χ1n) is 7.51. The van der Waals surface area contributed by atoms with E-state index in [1.54, 1.807) is 0 Å². The average Bonchev–Trinajstić information content (AvgIpc) is 2.48. The van der Waals surface area contributed by atoms with Crippen LogP contribution in [0.3, 0.4) is 0 Å². The Morgan fingerprint density at radius 2 is 1.65 bits per heavy atom. The van der Waals surface area contributed by atoms with Crippen molar-refractivity contribution < 1.29 is 0 Å². The Morgan fingerprint density at radius 3 is 2.35 bits per heavy atom. The fourth-order valence-corrected chi connectivity index (χ4v) is 3.35. The molecule has 3 aromatic rings. The standard InChI is InChI=1S/C19H18Cl2N2/c1-11-7-13(3)19-14(8-11)12(2)9-18(23-19)22-10-15-16(20)5-4-6-17(15)21/h4-9H,10H2,1-3H3,(H,22,23). The lowest BCUT2D eigenvalue weighted by Gasteiger charge is -2.13. The van der Waals surface area contributed by atoms with Crippen LogP contribution >= 0.6 is 23.2 Å². The topological polar surface area (TPSA) is 24.9 Å². The molecule has 1 heterocycles. The SMILES string of the molecule is Cc1cc(C)c2nc(NCc3c(Cl)cccc3Cl)cc(C)c2c1. The molecule has 0 aliphatic carbocycles. The van der Waals surface area contributed by atoms with Crippen LogP contribution in [0.1, 0.15) is 22.3 Å². The van der Waals surface area contributed by atoms with Gasteiger partial charge in [-0.1, -0.05) is 40.9 Å². The van der Waals surface area contributed by atoms with E-state index < -0.39 is 0 Å². The second kappa shape index (κ2) is 6.38. The number of halogens is 2. The highest BCUT2D eigenvalue weighted by Crippen LogP contribution is 2.27. The van der Waals surface area contributed by atoms with Gasteiger partial charge in [-0.25, -0.2) is 4.98 Å².